The van der Waals surface area contributed by atoms with Crippen LogP contribution in [0.25, 0.3) is 11.3 Å². The fourth-order valence-electron chi connectivity index (χ4n) is 4.61. The summed E-state index contributed by atoms with van der Waals surface area (Å²) in [6.07, 6.45) is 3.36. The zero-order chi connectivity index (χ0) is 24.6. The first-order valence-corrected chi connectivity index (χ1v) is 11.7. The second-order valence-electron chi connectivity index (χ2n) is 8.87. The highest BCUT2D eigenvalue weighted by atomic mass is 19.3. The Bertz CT molecular complexity index is 1410. The molecule has 0 saturated carbocycles. The first-order chi connectivity index (χ1) is 17.5. The van der Waals surface area contributed by atoms with Gasteiger partial charge in [-0.25, -0.2) is 18.7 Å². The van der Waals surface area contributed by atoms with Gasteiger partial charge < -0.3 is 24.9 Å². The Morgan fingerprint density at radius 2 is 1.97 bits per heavy atom. The average molecular weight is 491 g/mol. The van der Waals surface area contributed by atoms with Gasteiger partial charge >= 0.3 is 0 Å². The summed E-state index contributed by atoms with van der Waals surface area (Å²) in [6, 6.07) is 10.6. The highest BCUT2D eigenvalue weighted by molar-refractivity contribution is 5.59. The van der Waals surface area contributed by atoms with Crippen LogP contribution in [-0.4, -0.2) is 37.9 Å². The molecule has 0 saturated heterocycles. The number of aliphatic hydroxyl groups is 1. The fourth-order valence-corrected chi connectivity index (χ4v) is 4.61. The summed E-state index contributed by atoms with van der Waals surface area (Å²) in [6.45, 7) is 0.449. The Morgan fingerprint density at radius 3 is 2.86 bits per heavy atom. The van der Waals surface area contributed by atoms with Gasteiger partial charge in [-0.05, 0) is 61.2 Å². The number of nitrogens with one attached hydrogen (secondary N) is 2. The number of H-pyrrole nitrogens is 1. The molecule has 6 rings (SSSR count). The van der Waals surface area contributed by atoms with Gasteiger partial charge in [0, 0.05) is 23.5 Å². The standard InChI is InChI=1S/C26H23F2N5O3/c27-24(28)19-11-14(5-7-29-19)20-12-31-25(32-20)16-9-15-10-17(1-3-21(15)35-13-16)36-22-6-8-30-26-18(22)2-4-23(34)33-26/h1,3,5-8,10-12,16,23-24,34H,2,4,9,13H2,(H,30,33)(H,31,32)/t16-,23?/m1/s1. The molecular weight excluding hydrogens is 468 g/mol. The van der Waals surface area contributed by atoms with Crippen LogP contribution in [0.4, 0.5) is 14.6 Å². The van der Waals surface area contributed by atoms with Crippen LogP contribution in [-0.2, 0) is 12.8 Å². The van der Waals surface area contributed by atoms with Crippen LogP contribution in [0.5, 0.6) is 17.2 Å². The number of imidazole rings is 1. The molecule has 8 nitrogen and oxygen atoms in total. The van der Waals surface area contributed by atoms with Gasteiger partial charge in [0.25, 0.3) is 6.43 Å². The number of pyridine rings is 2. The zero-order valence-electron chi connectivity index (χ0n) is 19.1. The Morgan fingerprint density at radius 1 is 1.08 bits per heavy atom. The number of benzene rings is 1. The van der Waals surface area contributed by atoms with Crippen molar-refractivity contribution >= 4 is 5.82 Å². The third-order valence-electron chi connectivity index (χ3n) is 6.45. The molecule has 184 valence electrons. The highest BCUT2D eigenvalue weighted by Crippen LogP contribution is 2.38. The van der Waals surface area contributed by atoms with Crippen molar-refractivity contribution in [1.29, 1.82) is 0 Å². The monoisotopic (exact) mass is 491 g/mol. The number of aromatic amines is 1. The van der Waals surface area contributed by atoms with Gasteiger partial charge in [0.05, 0.1) is 24.4 Å². The van der Waals surface area contributed by atoms with Gasteiger partial charge in [0.2, 0.25) is 0 Å². The highest BCUT2D eigenvalue weighted by Gasteiger charge is 2.25. The lowest BCUT2D eigenvalue weighted by atomic mass is 9.96. The normalized spacial score (nSPS) is 18.7. The van der Waals surface area contributed by atoms with Crippen molar-refractivity contribution < 1.29 is 23.4 Å². The van der Waals surface area contributed by atoms with E-state index in [0.29, 0.717) is 54.4 Å². The number of anilines is 1. The van der Waals surface area contributed by atoms with Crippen molar-refractivity contribution in [2.75, 3.05) is 11.9 Å². The van der Waals surface area contributed by atoms with E-state index in [4.69, 9.17) is 9.47 Å². The fraction of sp³-hybridized carbons (Fsp3) is 0.269. The van der Waals surface area contributed by atoms with E-state index in [9.17, 15) is 13.9 Å². The Balaban J connectivity index is 1.21. The lowest BCUT2D eigenvalue weighted by Crippen LogP contribution is -2.25. The van der Waals surface area contributed by atoms with Crippen molar-refractivity contribution in [3.63, 3.8) is 0 Å². The summed E-state index contributed by atoms with van der Waals surface area (Å²) < 4.78 is 38.3. The molecule has 0 radical (unpaired) electrons. The number of nitrogens with zero attached hydrogens (tertiary/aromatic N) is 3. The number of halogens is 2. The van der Waals surface area contributed by atoms with Crippen LogP contribution < -0.4 is 14.8 Å². The van der Waals surface area contributed by atoms with Gasteiger partial charge in [-0.3, -0.25) is 4.98 Å². The van der Waals surface area contributed by atoms with Crippen LogP contribution in [0.2, 0.25) is 0 Å². The summed E-state index contributed by atoms with van der Waals surface area (Å²) in [5.74, 6) is 3.50. The number of aliphatic hydroxyl groups excluding tert-OH is 1. The molecule has 0 fully saturated rings. The molecule has 10 heteroatoms. The minimum atomic E-state index is -2.63. The lowest BCUT2D eigenvalue weighted by Gasteiger charge is -2.25. The molecule has 3 N–H and O–H groups in total. The molecule has 1 aromatic carbocycles. The number of aromatic nitrogens is 4. The number of hydrogen-bond acceptors (Lipinski definition) is 7. The molecule has 1 unspecified atom stereocenters. The van der Waals surface area contributed by atoms with Crippen molar-refractivity contribution in [3.05, 3.63) is 77.6 Å². The minimum Gasteiger partial charge on any atom is -0.493 e. The van der Waals surface area contributed by atoms with E-state index in [1.807, 2.05) is 24.3 Å². The van der Waals surface area contributed by atoms with E-state index >= 15 is 0 Å². The number of hydrogen-bond donors (Lipinski definition) is 3. The predicted molar refractivity (Wildman–Crippen MR) is 127 cm³/mol. The molecule has 3 aromatic heterocycles. The Labute approximate surface area is 205 Å². The third kappa shape index (κ3) is 4.35. The second kappa shape index (κ2) is 9.19. The van der Waals surface area contributed by atoms with Crippen molar-refractivity contribution in [2.45, 2.75) is 37.8 Å². The van der Waals surface area contributed by atoms with Crippen LogP contribution in [0.1, 0.15) is 41.4 Å². The van der Waals surface area contributed by atoms with Gasteiger partial charge in [-0.1, -0.05) is 0 Å². The third-order valence-corrected chi connectivity index (χ3v) is 6.45. The molecule has 2 atom stereocenters. The molecule has 2 aliphatic heterocycles. The number of fused-ring (bicyclic) bond motifs is 2. The zero-order valence-corrected chi connectivity index (χ0v) is 19.1. The van der Waals surface area contributed by atoms with Crippen molar-refractivity contribution in [2.24, 2.45) is 0 Å². The summed E-state index contributed by atoms with van der Waals surface area (Å²) in [7, 11) is 0. The second-order valence-corrected chi connectivity index (χ2v) is 8.87. The van der Waals surface area contributed by atoms with Gasteiger partial charge in [-0.2, -0.15) is 0 Å². The molecule has 0 aliphatic carbocycles. The molecule has 0 amide bonds. The summed E-state index contributed by atoms with van der Waals surface area (Å²) in [4.78, 5) is 15.8. The number of ether oxygens (including phenoxy) is 2. The first-order valence-electron chi connectivity index (χ1n) is 11.7. The topological polar surface area (TPSA) is 105 Å². The maximum Gasteiger partial charge on any atom is 0.280 e. The molecular formula is C26H23F2N5O3. The quantitative estimate of drug-likeness (QED) is 0.361. The van der Waals surface area contributed by atoms with Crippen LogP contribution in [0.15, 0.2) is 55.0 Å². The van der Waals surface area contributed by atoms with Gasteiger partial charge in [0.1, 0.15) is 40.8 Å². The maximum absolute atomic E-state index is 13.0. The van der Waals surface area contributed by atoms with E-state index < -0.39 is 12.7 Å². The van der Waals surface area contributed by atoms with Crippen LogP contribution >= 0.6 is 0 Å². The van der Waals surface area contributed by atoms with Crippen molar-refractivity contribution in [3.8, 4) is 28.5 Å². The summed E-state index contributed by atoms with van der Waals surface area (Å²) >= 11 is 0. The molecule has 4 aromatic rings. The summed E-state index contributed by atoms with van der Waals surface area (Å²) in [5, 5.41) is 12.8. The average Bonchev–Trinajstić information content (AvgIpc) is 3.39. The first kappa shape index (κ1) is 22.4. The van der Waals surface area contributed by atoms with E-state index in [1.54, 1.807) is 18.5 Å². The molecule has 5 heterocycles. The Kier molecular flexibility index (Phi) is 5.73. The minimum absolute atomic E-state index is 0.0303. The SMILES string of the molecule is OC1CCc2c(Oc3ccc4c(c3)C[C@@H](c3ncc(-c5ccnc(C(F)F)c5)[nH]3)CO4)ccnc2N1. The predicted octanol–water partition coefficient (Wildman–Crippen LogP) is 4.99. The van der Waals surface area contributed by atoms with E-state index in [-0.39, 0.29) is 11.6 Å². The number of alkyl halides is 2. The van der Waals surface area contributed by atoms with E-state index in [0.717, 1.165) is 22.7 Å². The van der Waals surface area contributed by atoms with Crippen LogP contribution in [0.3, 0.4) is 0 Å². The largest absolute Gasteiger partial charge is 0.493 e. The van der Waals surface area contributed by atoms with Gasteiger partial charge in [0.15, 0.2) is 0 Å². The molecule has 36 heavy (non-hydrogen) atoms. The van der Waals surface area contributed by atoms with E-state index in [2.05, 4.69) is 25.3 Å². The Hall–Kier alpha value is -4.05. The van der Waals surface area contributed by atoms with Crippen LogP contribution in [0, 0.1) is 0 Å². The maximum atomic E-state index is 13.0. The molecule has 2 aliphatic rings. The van der Waals surface area contributed by atoms with E-state index in [1.165, 1.54) is 12.3 Å². The molecule has 0 bridgehead atoms. The van der Waals surface area contributed by atoms with Gasteiger partial charge in [-0.15, -0.1) is 0 Å². The van der Waals surface area contributed by atoms with Crippen molar-refractivity contribution in [1.82, 2.24) is 19.9 Å². The summed E-state index contributed by atoms with van der Waals surface area (Å²) in [5.41, 5.74) is 2.91. The number of rotatable bonds is 5. The lowest BCUT2D eigenvalue weighted by molar-refractivity contribution is 0.146. The smallest absolute Gasteiger partial charge is 0.280 e. The molecule has 0 spiro atoms.